The highest BCUT2D eigenvalue weighted by molar-refractivity contribution is 5.80. The molecule has 0 aliphatic heterocycles. The summed E-state index contributed by atoms with van der Waals surface area (Å²) in [7, 11) is 0. The minimum absolute atomic E-state index is 0.389. The minimum Gasteiger partial charge on any atom is -0.480 e. The van der Waals surface area contributed by atoms with Gasteiger partial charge in [0, 0.05) is 0 Å². The number of alkyl halides is 3. The maximum absolute atomic E-state index is 11.8. The zero-order valence-corrected chi connectivity index (χ0v) is 10.7. The Morgan fingerprint density at radius 1 is 1.26 bits per heavy atom. The Hall–Kier alpha value is -1.51. The van der Waals surface area contributed by atoms with Crippen molar-refractivity contribution in [2.75, 3.05) is 13.2 Å². The third-order valence-electron chi connectivity index (χ3n) is 1.64. The number of halogens is 3. The van der Waals surface area contributed by atoms with Crippen LogP contribution >= 0.6 is 0 Å². The lowest BCUT2D eigenvalue weighted by Gasteiger charge is -2.22. The molecule has 0 aromatic heterocycles. The smallest absolute Gasteiger partial charge is 0.422 e. The predicted octanol–water partition coefficient (Wildman–Crippen LogP) is 1.54. The van der Waals surface area contributed by atoms with Gasteiger partial charge in [-0.2, -0.15) is 13.2 Å². The average Bonchev–Trinajstić information content (AvgIpc) is 2.18. The first-order valence-electron chi connectivity index (χ1n) is 5.27. The molecule has 112 valence electrons. The zero-order chi connectivity index (χ0) is 15.3. The molecule has 0 spiro atoms. The molecule has 0 aromatic carbocycles. The summed E-state index contributed by atoms with van der Waals surface area (Å²) in [6.45, 7) is 2.81. The second kappa shape index (κ2) is 6.60. The Kier molecular flexibility index (Phi) is 6.07. The number of carbonyl (C=O) groups excluding carboxylic acids is 1. The molecule has 9 heteroatoms. The van der Waals surface area contributed by atoms with E-state index in [0.29, 0.717) is 0 Å². The van der Waals surface area contributed by atoms with Crippen molar-refractivity contribution in [1.29, 1.82) is 0 Å². The van der Waals surface area contributed by atoms with Gasteiger partial charge < -0.3 is 19.9 Å². The number of carboxylic acid groups (broad SMARTS) is 1. The van der Waals surface area contributed by atoms with Crippen molar-refractivity contribution in [3.8, 4) is 0 Å². The Morgan fingerprint density at radius 3 is 2.16 bits per heavy atom. The Balaban J connectivity index is 4.28. The van der Waals surface area contributed by atoms with Gasteiger partial charge >= 0.3 is 18.2 Å². The molecular weight excluding hydrogens is 271 g/mol. The Bertz CT molecular complexity index is 324. The van der Waals surface area contributed by atoms with E-state index in [1.807, 2.05) is 0 Å². The fraction of sp³-hybridized carbons (Fsp3) is 0.800. The van der Waals surface area contributed by atoms with Crippen molar-refractivity contribution >= 4 is 12.1 Å². The molecule has 2 N–H and O–H groups in total. The first kappa shape index (κ1) is 17.5. The van der Waals surface area contributed by atoms with Gasteiger partial charge in [-0.15, -0.1) is 0 Å². The largest absolute Gasteiger partial charge is 0.480 e. The maximum atomic E-state index is 11.8. The van der Waals surface area contributed by atoms with Crippen LogP contribution in [0.4, 0.5) is 18.0 Å². The molecule has 0 saturated carbocycles. The van der Waals surface area contributed by atoms with Gasteiger partial charge in [0.25, 0.3) is 0 Å². The molecule has 0 fully saturated rings. The molecule has 0 heterocycles. The molecule has 6 nitrogen and oxygen atoms in total. The zero-order valence-electron chi connectivity index (χ0n) is 10.7. The van der Waals surface area contributed by atoms with E-state index < -0.39 is 36.5 Å². The number of aliphatic carboxylic acids is 1. The second-order valence-electron chi connectivity index (χ2n) is 4.65. The first-order chi connectivity index (χ1) is 8.41. The van der Waals surface area contributed by atoms with E-state index in [1.54, 1.807) is 26.1 Å². The summed E-state index contributed by atoms with van der Waals surface area (Å²) in [4.78, 5) is 21.8. The van der Waals surface area contributed by atoms with Crippen LogP contribution in [0.15, 0.2) is 0 Å². The predicted molar refractivity (Wildman–Crippen MR) is 57.7 cm³/mol. The second-order valence-corrected chi connectivity index (χ2v) is 4.65. The van der Waals surface area contributed by atoms with Crippen LogP contribution in [0.2, 0.25) is 0 Å². The number of alkyl carbamates (subject to hydrolysis) is 1. The van der Waals surface area contributed by atoms with Crippen molar-refractivity contribution in [1.82, 2.24) is 5.32 Å². The highest BCUT2D eigenvalue weighted by atomic mass is 19.4. The van der Waals surface area contributed by atoms with Gasteiger partial charge in [-0.25, -0.2) is 9.59 Å². The van der Waals surface area contributed by atoms with Crippen molar-refractivity contribution < 1.29 is 37.3 Å². The van der Waals surface area contributed by atoms with E-state index in [4.69, 9.17) is 9.84 Å². The molecule has 1 atom stereocenters. The molecule has 19 heavy (non-hydrogen) atoms. The summed E-state index contributed by atoms with van der Waals surface area (Å²) in [5.74, 6) is -1.44. The van der Waals surface area contributed by atoms with Crippen LogP contribution in [0.3, 0.4) is 0 Å². The maximum Gasteiger partial charge on any atom is 0.422 e. The van der Waals surface area contributed by atoms with Crippen molar-refractivity contribution in [3.05, 3.63) is 0 Å². The molecule has 0 unspecified atom stereocenters. The number of ether oxygens (including phenoxy) is 2. The molecular formula is C10H16F3NO5. The van der Waals surface area contributed by atoms with Crippen molar-refractivity contribution in [2.24, 2.45) is 0 Å². The fourth-order valence-corrected chi connectivity index (χ4v) is 0.839. The first-order valence-corrected chi connectivity index (χ1v) is 5.27. The summed E-state index contributed by atoms with van der Waals surface area (Å²) in [5, 5.41) is 10.6. The summed E-state index contributed by atoms with van der Waals surface area (Å²) < 4.78 is 44.3. The summed E-state index contributed by atoms with van der Waals surface area (Å²) >= 11 is 0. The van der Waals surface area contributed by atoms with Crippen molar-refractivity contribution in [3.63, 3.8) is 0 Å². The topological polar surface area (TPSA) is 84.9 Å². The molecule has 0 rings (SSSR count). The van der Waals surface area contributed by atoms with Gasteiger partial charge in [0.05, 0.1) is 12.2 Å². The number of amides is 1. The van der Waals surface area contributed by atoms with E-state index >= 15 is 0 Å². The van der Waals surface area contributed by atoms with E-state index in [0.717, 1.165) is 0 Å². The summed E-state index contributed by atoms with van der Waals surface area (Å²) in [6.07, 6.45) is -6.14. The fourth-order valence-electron chi connectivity index (χ4n) is 0.839. The molecule has 0 aromatic rings. The highest BCUT2D eigenvalue weighted by Crippen LogP contribution is 2.14. The van der Waals surface area contributed by atoms with Crippen LogP contribution in [0, 0.1) is 0 Å². The summed E-state index contributed by atoms with van der Waals surface area (Å²) in [6, 6.07) is -1.49. The highest BCUT2D eigenvalue weighted by Gasteiger charge is 2.31. The number of hydrogen-bond donors (Lipinski definition) is 2. The van der Waals surface area contributed by atoms with Crippen LogP contribution in [0.1, 0.15) is 20.8 Å². The lowest BCUT2D eigenvalue weighted by Crippen LogP contribution is -2.46. The van der Waals surface area contributed by atoms with Crippen LogP contribution in [-0.4, -0.2) is 48.2 Å². The van der Waals surface area contributed by atoms with Gasteiger partial charge in [-0.1, -0.05) is 0 Å². The molecule has 0 saturated heterocycles. The molecule has 0 radical (unpaired) electrons. The van der Waals surface area contributed by atoms with Gasteiger partial charge in [-0.3, -0.25) is 0 Å². The summed E-state index contributed by atoms with van der Waals surface area (Å²) in [5.41, 5.74) is -0.648. The molecule has 0 aliphatic carbocycles. The van der Waals surface area contributed by atoms with Crippen LogP contribution in [-0.2, 0) is 14.3 Å². The number of carboxylic acids is 1. The van der Waals surface area contributed by atoms with E-state index in [-0.39, 0.29) is 6.61 Å². The standard InChI is InChI=1S/C10H16F3NO5/c1-9(2,3)19-4-6(7(15)16)14-8(17)18-5-10(11,12)13/h6H,4-5H2,1-3H3,(H,14,17)(H,15,16)/t6-/m0/s1. The third kappa shape index (κ3) is 10.1. The number of carbonyl (C=O) groups is 2. The van der Waals surface area contributed by atoms with Crippen LogP contribution in [0.25, 0.3) is 0 Å². The van der Waals surface area contributed by atoms with Gasteiger partial charge in [0.15, 0.2) is 12.6 Å². The van der Waals surface area contributed by atoms with Crippen LogP contribution in [0.5, 0.6) is 0 Å². The van der Waals surface area contributed by atoms with Crippen LogP contribution < -0.4 is 5.32 Å². The molecule has 1 amide bonds. The number of rotatable bonds is 5. The lowest BCUT2D eigenvalue weighted by molar-refractivity contribution is -0.160. The number of nitrogens with one attached hydrogen (secondary N) is 1. The minimum atomic E-state index is -4.67. The van der Waals surface area contributed by atoms with E-state index in [9.17, 15) is 22.8 Å². The monoisotopic (exact) mass is 287 g/mol. The van der Waals surface area contributed by atoms with E-state index in [1.165, 1.54) is 0 Å². The SMILES string of the molecule is CC(C)(C)OC[C@H](NC(=O)OCC(F)(F)F)C(=O)O. The van der Waals surface area contributed by atoms with Crippen molar-refractivity contribution in [2.45, 2.75) is 38.6 Å². The normalized spacial score (nSPS) is 13.8. The molecule has 0 aliphatic rings. The Morgan fingerprint density at radius 2 is 1.79 bits per heavy atom. The molecule has 0 bridgehead atoms. The van der Waals surface area contributed by atoms with Gasteiger partial charge in [-0.05, 0) is 20.8 Å². The quantitative estimate of drug-likeness (QED) is 0.801. The van der Waals surface area contributed by atoms with E-state index in [2.05, 4.69) is 4.74 Å². The third-order valence-corrected chi connectivity index (χ3v) is 1.64. The van der Waals surface area contributed by atoms with Gasteiger partial charge in [0.1, 0.15) is 0 Å². The average molecular weight is 287 g/mol. The lowest BCUT2D eigenvalue weighted by atomic mass is 10.2. The number of hydrogen-bond acceptors (Lipinski definition) is 4. The van der Waals surface area contributed by atoms with Gasteiger partial charge in [0.2, 0.25) is 0 Å². The Labute approximate surface area is 107 Å².